The summed E-state index contributed by atoms with van der Waals surface area (Å²) in [6, 6.07) is 7.44. The number of hydrogen-bond acceptors (Lipinski definition) is 4. The van der Waals surface area contributed by atoms with Crippen LogP contribution in [0, 0.1) is 0 Å². The fourth-order valence-corrected chi connectivity index (χ4v) is 2.32. The Balaban J connectivity index is 1.88. The van der Waals surface area contributed by atoms with Gasteiger partial charge in [0.15, 0.2) is 6.61 Å². The van der Waals surface area contributed by atoms with Crippen LogP contribution in [0.4, 0.5) is 0 Å². The topological polar surface area (TPSA) is 55.8 Å². The van der Waals surface area contributed by atoms with Gasteiger partial charge in [0.2, 0.25) is 0 Å². The molecule has 0 bridgehead atoms. The van der Waals surface area contributed by atoms with Crippen LogP contribution in [-0.2, 0) is 14.3 Å². The van der Waals surface area contributed by atoms with E-state index in [-0.39, 0.29) is 31.1 Å². The number of esters is 1. The van der Waals surface area contributed by atoms with Gasteiger partial charge in [-0.1, -0.05) is 22.0 Å². The molecule has 0 aromatic heterocycles. The van der Waals surface area contributed by atoms with Gasteiger partial charge < -0.3 is 14.4 Å². The number of benzene rings is 1. The fraction of sp³-hybridized carbons (Fsp3) is 0.467. The van der Waals surface area contributed by atoms with E-state index >= 15 is 0 Å². The predicted octanol–water partition coefficient (Wildman–Crippen LogP) is 2.38. The zero-order valence-electron chi connectivity index (χ0n) is 11.9. The summed E-state index contributed by atoms with van der Waals surface area (Å²) in [4.78, 5) is 25.3. The summed E-state index contributed by atoms with van der Waals surface area (Å²) in [5.41, 5.74) is 0. The van der Waals surface area contributed by atoms with Crippen LogP contribution in [0.15, 0.2) is 28.7 Å². The van der Waals surface area contributed by atoms with Crippen LogP contribution in [-0.4, -0.2) is 42.6 Å². The van der Waals surface area contributed by atoms with E-state index in [1.54, 1.807) is 24.0 Å². The Hall–Kier alpha value is -1.56. The maximum atomic E-state index is 12.2. The number of rotatable bonds is 7. The van der Waals surface area contributed by atoms with E-state index in [0.29, 0.717) is 12.4 Å². The fourth-order valence-electron chi connectivity index (χ4n) is 1.94. The van der Waals surface area contributed by atoms with Crippen molar-refractivity contribution in [2.75, 3.05) is 19.8 Å². The molecule has 2 rings (SSSR count). The third kappa shape index (κ3) is 5.04. The average Bonchev–Trinajstić information content (AvgIpc) is 3.27. The third-order valence-electron chi connectivity index (χ3n) is 3.07. The van der Waals surface area contributed by atoms with Crippen molar-refractivity contribution < 1.29 is 19.1 Å². The Morgan fingerprint density at radius 1 is 1.38 bits per heavy atom. The number of amides is 1. The summed E-state index contributed by atoms with van der Waals surface area (Å²) in [5.74, 6) is 0.0512. The zero-order valence-corrected chi connectivity index (χ0v) is 13.5. The van der Waals surface area contributed by atoms with Crippen molar-refractivity contribution in [3.05, 3.63) is 28.7 Å². The van der Waals surface area contributed by atoms with Crippen LogP contribution in [0.25, 0.3) is 0 Å². The SMILES string of the molecule is CCOC(=O)CN(C(=O)COc1cccc(Br)c1)C1CC1. The van der Waals surface area contributed by atoms with Gasteiger partial charge in [-0.05, 0) is 38.0 Å². The van der Waals surface area contributed by atoms with E-state index in [9.17, 15) is 9.59 Å². The lowest BCUT2D eigenvalue weighted by Gasteiger charge is -2.21. The first-order valence-corrected chi connectivity index (χ1v) is 7.73. The summed E-state index contributed by atoms with van der Waals surface area (Å²) < 4.78 is 11.3. The van der Waals surface area contributed by atoms with Crippen molar-refractivity contribution in [3.63, 3.8) is 0 Å². The standard InChI is InChI=1S/C15H18BrNO4/c1-2-20-15(19)9-17(12-6-7-12)14(18)10-21-13-5-3-4-11(16)8-13/h3-5,8,12H,2,6-7,9-10H2,1H3. The van der Waals surface area contributed by atoms with Gasteiger partial charge in [-0.3, -0.25) is 9.59 Å². The lowest BCUT2D eigenvalue weighted by molar-refractivity contribution is -0.150. The maximum Gasteiger partial charge on any atom is 0.325 e. The molecule has 0 heterocycles. The number of nitrogens with zero attached hydrogens (tertiary/aromatic N) is 1. The molecule has 0 atom stereocenters. The minimum Gasteiger partial charge on any atom is -0.484 e. The molecular formula is C15H18BrNO4. The highest BCUT2D eigenvalue weighted by Crippen LogP contribution is 2.27. The Labute approximate surface area is 132 Å². The highest BCUT2D eigenvalue weighted by Gasteiger charge is 2.34. The highest BCUT2D eigenvalue weighted by molar-refractivity contribution is 9.10. The monoisotopic (exact) mass is 355 g/mol. The van der Waals surface area contributed by atoms with Gasteiger partial charge in [0, 0.05) is 10.5 Å². The summed E-state index contributed by atoms with van der Waals surface area (Å²) in [7, 11) is 0. The number of halogens is 1. The molecule has 1 amide bonds. The van der Waals surface area contributed by atoms with Crippen molar-refractivity contribution in [2.45, 2.75) is 25.8 Å². The van der Waals surface area contributed by atoms with Crippen LogP contribution in [0.3, 0.4) is 0 Å². The summed E-state index contributed by atoms with van der Waals surface area (Å²) in [6.45, 7) is 1.99. The van der Waals surface area contributed by atoms with Gasteiger partial charge in [0.1, 0.15) is 12.3 Å². The van der Waals surface area contributed by atoms with E-state index in [2.05, 4.69) is 15.9 Å². The molecule has 1 fully saturated rings. The number of ether oxygens (including phenoxy) is 2. The smallest absolute Gasteiger partial charge is 0.325 e. The third-order valence-corrected chi connectivity index (χ3v) is 3.56. The largest absolute Gasteiger partial charge is 0.484 e. The van der Waals surface area contributed by atoms with E-state index in [1.165, 1.54) is 0 Å². The number of carbonyl (C=O) groups is 2. The Morgan fingerprint density at radius 3 is 2.76 bits per heavy atom. The molecule has 1 saturated carbocycles. The number of carbonyl (C=O) groups excluding carboxylic acids is 2. The van der Waals surface area contributed by atoms with Gasteiger partial charge in [0.25, 0.3) is 5.91 Å². The van der Waals surface area contributed by atoms with Gasteiger partial charge in [-0.25, -0.2) is 0 Å². The van der Waals surface area contributed by atoms with Crippen molar-refractivity contribution >= 4 is 27.8 Å². The van der Waals surface area contributed by atoms with Crippen LogP contribution in [0.5, 0.6) is 5.75 Å². The molecule has 1 aliphatic carbocycles. The quantitative estimate of drug-likeness (QED) is 0.704. The molecule has 1 aromatic carbocycles. The molecule has 114 valence electrons. The molecule has 0 radical (unpaired) electrons. The van der Waals surface area contributed by atoms with E-state index in [1.807, 2.05) is 12.1 Å². The Kier molecular flexibility index (Phi) is 5.61. The maximum absolute atomic E-state index is 12.2. The summed E-state index contributed by atoms with van der Waals surface area (Å²) >= 11 is 3.34. The molecule has 6 heteroatoms. The summed E-state index contributed by atoms with van der Waals surface area (Å²) in [5, 5.41) is 0. The van der Waals surface area contributed by atoms with Crippen LogP contribution < -0.4 is 4.74 Å². The van der Waals surface area contributed by atoms with Gasteiger partial charge in [-0.15, -0.1) is 0 Å². The van der Waals surface area contributed by atoms with Crippen molar-refractivity contribution in [1.29, 1.82) is 0 Å². The van der Waals surface area contributed by atoms with Crippen molar-refractivity contribution in [2.24, 2.45) is 0 Å². The zero-order chi connectivity index (χ0) is 15.2. The molecule has 0 saturated heterocycles. The first kappa shape index (κ1) is 15.8. The lowest BCUT2D eigenvalue weighted by Crippen LogP contribution is -2.40. The molecule has 0 unspecified atom stereocenters. The number of hydrogen-bond donors (Lipinski definition) is 0. The highest BCUT2D eigenvalue weighted by atomic mass is 79.9. The minimum atomic E-state index is -0.375. The van der Waals surface area contributed by atoms with Crippen LogP contribution in [0.1, 0.15) is 19.8 Å². The average molecular weight is 356 g/mol. The van der Waals surface area contributed by atoms with Crippen molar-refractivity contribution in [3.8, 4) is 5.75 Å². The normalized spacial score (nSPS) is 13.6. The first-order chi connectivity index (χ1) is 10.1. The molecule has 1 aromatic rings. The molecular weight excluding hydrogens is 338 g/mol. The Morgan fingerprint density at radius 2 is 2.14 bits per heavy atom. The van der Waals surface area contributed by atoms with E-state index in [0.717, 1.165) is 17.3 Å². The molecule has 0 N–H and O–H groups in total. The van der Waals surface area contributed by atoms with E-state index in [4.69, 9.17) is 9.47 Å². The van der Waals surface area contributed by atoms with Crippen molar-refractivity contribution in [1.82, 2.24) is 4.90 Å². The minimum absolute atomic E-state index is 0.000809. The van der Waals surface area contributed by atoms with E-state index < -0.39 is 0 Å². The second-order valence-electron chi connectivity index (χ2n) is 4.80. The van der Waals surface area contributed by atoms with Crippen LogP contribution >= 0.6 is 15.9 Å². The Bertz CT molecular complexity index is 516. The molecule has 1 aliphatic rings. The second kappa shape index (κ2) is 7.45. The van der Waals surface area contributed by atoms with Gasteiger partial charge in [0.05, 0.1) is 6.61 Å². The molecule has 21 heavy (non-hydrogen) atoms. The second-order valence-corrected chi connectivity index (χ2v) is 5.72. The van der Waals surface area contributed by atoms with Gasteiger partial charge >= 0.3 is 5.97 Å². The lowest BCUT2D eigenvalue weighted by atomic mass is 10.3. The molecule has 0 aliphatic heterocycles. The predicted molar refractivity (Wildman–Crippen MR) is 81.0 cm³/mol. The first-order valence-electron chi connectivity index (χ1n) is 6.93. The summed E-state index contributed by atoms with van der Waals surface area (Å²) in [6.07, 6.45) is 1.87. The molecule has 5 nitrogen and oxygen atoms in total. The van der Waals surface area contributed by atoms with Crippen LogP contribution in [0.2, 0.25) is 0 Å². The van der Waals surface area contributed by atoms with Gasteiger partial charge in [-0.2, -0.15) is 0 Å². The molecule has 0 spiro atoms.